The monoisotopic (exact) mass is 476 g/mol. The second kappa shape index (κ2) is 13.0. The summed E-state index contributed by atoms with van der Waals surface area (Å²) in [6, 6.07) is 0. The predicted octanol–water partition coefficient (Wildman–Crippen LogP) is 7.52. The van der Waals surface area contributed by atoms with E-state index >= 15 is 0 Å². The molecule has 1 rings (SSSR count). The molecule has 1 saturated heterocycles. The van der Waals surface area contributed by atoms with Gasteiger partial charge in [-0.15, -0.1) is 0 Å². The van der Waals surface area contributed by atoms with E-state index in [2.05, 4.69) is 27.7 Å². The normalized spacial score (nSPS) is 25.2. The summed E-state index contributed by atoms with van der Waals surface area (Å²) in [7, 11) is 3.88. The van der Waals surface area contributed by atoms with Crippen LogP contribution in [-0.2, 0) is 9.47 Å². The van der Waals surface area contributed by atoms with E-state index in [0.717, 1.165) is 6.42 Å². The molecule has 3 heteroatoms. The molecule has 0 radical (unpaired) electrons. The first kappa shape index (κ1) is 24.8. The molecule has 0 N–H and O–H groups in total. The summed E-state index contributed by atoms with van der Waals surface area (Å²) in [5.74, 6) is 0. The summed E-state index contributed by atoms with van der Waals surface area (Å²) in [5, 5.41) is 0. The van der Waals surface area contributed by atoms with Gasteiger partial charge >= 0.3 is 169 Å². The second-order valence-electron chi connectivity index (χ2n) is 8.96. The van der Waals surface area contributed by atoms with Crippen molar-refractivity contribution in [2.45, 2.75) is 127 Å². The Bertz CT molecular complexity index is 352. The summed E-state index contributed by atoms with van der Waals surface area (Å²) in [5.41, 5.74) is 0. The van der Waals surface area contributed by atoms with Crippen molar-refractivity contribution in [3.05, 3.63) is 0 Å². The molecule has 0 aromatic rings. The Morgan fingerprint density at radius 3 is 2.00 bits per heavy atom. The number of unbranched alkanes of at least 4 members (excludes halogenated alkanes) is 3. The molecule has 0 amide bonds. The Balaban J connectivity index is 3.30. The molecule has 0 bridgehead atoms. The van der Waals surface area contributed by atoms with Crippen LogP contribution in [0.15, 0.2) is 0 Å². The van der Waals surface area contributed by atoms with Crippen LogP contribution in [0.2, 0.25) is 12.3 Å². The molecule has 1 fully saturated rings. The first-order valence-electron chi connectivity index (χ1n) is 11.6. The molecule has 0 aliphatic carbocycles. The molecule has 156 valence electrons. The van der Waals surface area contributed by atoms with Crippen LogP contribution in [0.4, 0.5) is 0 Å². The summed E-state index contributed by atoms with van der Waals surface area (Å²) in [6.45, 7) is 9.37. The van der Waals surface area contributed by atoms with Gasteiger partial charge < -0.3 is 0 Å². The third-order valence-electron chi connectivity index (χ3n) is 7.43. The summed E-state index contributed by atoms with van der Waals surface area (Å²) >= 11 is -2.55. The van der Waals surface area contributed by atoms with Crippen LogP contribution in [0.5, 0.6) is 0 Å². The van der Waals surface area contributed by atoms with Crippen LogP contribution in [0.3, 0.4) is 0 Å². The average Bonchev–Trinajstić information content (AvgIpc) is 2.68. The third-order valence-corrected chi connectivity index (χ3v) is 27.6. The predicted molar refractivity (Wildman–Crippen MR) is 118 cm³/mol. The number of rotatable bonds is 14. The number of hydrogen-bond donors (Lipinski definition) is 0. The van der Waals surface area contributed by atoms with E-state index in [0.29, 0.717) is 13.7 Å². The van der Waals surface area contributed by atoms with Crippen LogP contribution in [0, 0.1) is 0 Å². The average molecular weight is 475 g/mol. The zero-order valence-electron chi connectivity index (χ0n) is 18.9. The van der Waals surface area contributed by atoms with E-state index in [9.17, 15) is 0 Å². The van der Waals surface area contributed by atoms with E-state index in [1.54, 1.807) is 8.87 Å². The molecular weight excluding hydrogens is 427 g/mol. The van der Waals surface area contributed by atoms with Crippen LogP contribution < -0.4 is 0 Å². The van der Waals surface area contributed by atoms with Crippen LogP contribution >= 0.6 is 0 Å². The Morgan fingerprint density at radius 2 is 1.50 bits per heavy atom. The molecule has 0 saturated carbocycles. The molecule has 3 unspecified atom stereocenters. The van der Waals surface area contributed by atoms with E-state index in [1.807, 2.05) is 14.2 Å². The fourth-order valence-electron chi connectivity index (χ4n) is 5.81. The second-order valence-corrected chi connectivity index (χ2v) is 23.3. The minimum atomic E-state index is -2.55. The van der Waals surface area contributed by atoms with Crippen molar-refractivity contribution in [3.63, 3.8) is 0 Å². The fraction of sp³-hybridized carbons (Fsp3) is 1.00. The van der Waals surface area contributed by atoms with Gasteiger partial charge in [-0.25, -0.2) is 0 Å². The molecule has 0 spiro atoms. The minimum absolute atomic E-state index is 0.326. The zero-order valence-corrected chi connectivity index (χ0v) is 21.7. The van der Waals surface area contributed by atoms with E-state index in [1.165, 1.54) is 70.6 Å². The molecule has 2 nitrogen and oxygen atoms in total. The fourth-order valence-corrected chi connectivity index (χ4v) is 28.0. The maximum absolute atomic E-state index is 6.39. The van der Waals surface area contributed by atoms with Crippen LogP contribution in [0.25, 0.3) is 0 Å². The summed E-state index contributed by atoms with van der Waals surface area (Å²) in [6.07, 6.45) is 17.2. The van der Waals surface area contributed by atoms with Gasteiger partial charge in [-0.2, -0.15) is 0 Å². The zero-order chi connectivity index (χ0) is 19.5. The first-order chi connectivity index (χ1) is 12.6. The van der Waals surface area contributed by atoms with Gasteiger partial charge in [-0.1, -0.05) is 0 Å². The Labute approximate surface area is 169 Å². The molecule has 26 heavy (non-hydrogen) atoms. The van der Waals surface area contributed by atoms with Gasteiger partial charge in [0.15, 0.2) is 0 Å². The number of hydrogen-bond acceptors (Lipinski definition) is 2. The van der Waals surface area contributed by atoms with Crippen molar-refractivity contribution in [1.29, 1.82) is 0 Å². The third kappa shape index (κ3) is 6.11. The topological polar surface area (TPSA) is 18.5 Å². The summed E-state index contributed by atoms with van der Waals surface area (Å²) in [4.78, 5) is 0. The molecule has 1 aliphatic rings. The Morgan fingerprint density at radius 1 is 0.885 bits per heavy atom. The molecule has 1 heterocycles. The molecule has 0 aromatic carbocycles. The molecule has 1 aliphatic heterocycles. The van der Waals surface area contributed by atoms with Crippen molar-refractivity contribution in [2.24, 2.45) is 0 Å². The van der Waals surface area contributed by atoms with Crippen molar-refractivity contribution in [3.8, 4) is 0 Å². The van der Waals surface area contributed by atoms with Crippen LogP contribution in [-0.4, -0.2) is 42.8 Å². The standard InChI is InChI=1S/C13H26.C6H13O2.C4H9.Sn/c1-4-7-10-13(11-8-5-2)12-9-6-3;1-6(8-3)4-5-7-2;1-3-4-2;/h1,4-12H2,2-3H3;5-6H,4H2,1-3H3;1,3-4H2,2H3;. The quantitative estimate of drug-likeness (QED) is 0.242. The summed E-state index contributed by atoms with van der Waals surface area (Å²) < 4.78 is 16.4. The van der Waals surface area contributed by atoms with E-state index in [4.69, 9.17) is 9.47 Å². The number of methoxy groups -OCH3 is 2. The van der Waals surface area contributed by atoms with Gasteiger partial charge in [0.25, 0.3) is 0 Å². The van der Waals surface area contributed by atoms with Crippen LogP contribution in [0.1, 0.15) is 105 Å². The Hall–Kier alpha value is 0.719. The van der Waals surface area contributed by atoms with Gasteiger partial charge in [0.05, 0.1) is 0 Å². The van der Waals surface area contributed by atoms with Crippen molar-refractivity contribution >= 4 is 18.4 Å². The van der Waals surface area contributed by atoms with Gasteiger partial charge in [0, 0.05) is 0 Å². The molecule has 3 atom stereocenters. The van der Waals surface area contributed by atoms with Gasteiger partial charge in [0.2, 0.25) is 0 Å². The van der Waals surface area contributed by atoms with Gasteiger partial charge in [0.1, 0.15) is 0 Å². The number of ether oxygens (including phenoxy) is 2. The SMILES string of the molecule is CCCC[C]1(CCCC)CCC[CH2][Sn]1([CH2]CCC)[CH](CC(C)OC)OC. The van der Waals surface area contributed by atoms with Crippen molar-refractivity contribution in [2.75, 3.05) is 14.2 Å². The van der Waals surface area contributed by atoms with Gasteiger partial charge in [-0.05, 0) is 0 Å². The Kier molecular flexibility index (Phi) is 12.4. The van der Waals surface area contributed by atoms with E-state index in [-0.39, 0.29) is 0 Å². The van der Waals surface area contributed by atoms with E-state index < -0.39 is 18.4 Å². The first-order valence-corrected chi connectivity index (χ1v) is 18.7. The van der Waals surface area contributed by atoms with Gasteiger partial charge in [-0.3, -0.25) is 0 Å². The molecular formula is C23H48O2Sn. The molecule has 0 aromatic heterocycles. The van der Waals surface area contributed by atoms with Crippen molar-refractivity contribution < 1.29 is 9.47 Å². The van der Waals surface area contributed by atoms with Crippen molar-refractivity contribution in [1.82, 2.24) is 0 Å². The maximum atomic E-state index is 6.39.